The molecule has 0 bridgehead atoms. The molecule has 0 unspecified atom stereocenters. The molecule has 1 saturated carbocycles. The number of alkyl halides is 3. The van der Waals surface area contributed by atoms with E-state index < -0.39 is 11.7 Å². The molecular weight excluding hydrogens is 297 g/mol. The molecule has 0 saturated heterocycles. The average Bonchev–Trinajstić information content (AvgIpc) is 2.63. The van der Waals surface area contributed by atoms with Crippen molar-refractivity contribution >= 4 is 26.7 Å². The number of thiazole rings is 1. The lowest BCUT2D eigenvalue weighted by atomic mass is 10.1. The number of hydrogen-bond acceptors (Lipinski definition) is 3. The number of rotatable bonds is 2. The van der Waals surface area contributed by atoms with E-state index in [9.17, 15) is 13.2 Å². The average molecular weight is 314 g/mol. The van der Waals surface area contributed by atoms with E-state index in [-0.39, 0.29) is 0 Å². The van der Waals surface area contributed by atoms with Crippen LogP contribution in [-0.2, 0) is 6.18 Å². The van der Waals surface area contributed by atoms with Crippen molar-refractivity contribution in [3.05, 3.63) is 23.8 Å². The molecule has 0 atom stereocenters. The van der Waals surface area contributed by atoms with Crippen LogP contribution >= 0.6 is 11.3 Å². The third-order valence-corrected chi connectivity index (χ3v) is 4.87. The number of hydrogen-bond donors (Lipinski definition) is 1. The van der Waals surface area contributed by atoms with Gasteiger partial charge in [-0.3, -0.25) is 0 Å². The maximum absolute atomic E-state index is 12.7. The standard InChI is InChI=1S/C15H17F3N2S/c16-15(17,18)10-7-8-13-12(9-10)20-14(21-13)19-11-5-3-1-2-4-6-11/h7-9,11H,1-6H2,(H,19,20). The molecule has 1 aromatic carbocycles. The maximum atomic E-state index is 12.7. The van der Waals surface area contributed by atoms with Gasteiger partial charge in [0.2, 0.25) is 0 Å². The SMILES string of the molecule is FC(F)(F)c1ccc2sc(NC3CCCCCC3)nc2c1. The highest BCUT2D eigenvalue weighted by atomic mass is 32.1. The first-order valence-electron chi connectivity index (χ1n) is 7.27. The van der Waals surface area contributed by atoms with Gasteiger partial charge in [-0.1, -0.05) is 37.0 Å². The zero-order valence-corrected chi connectivity index (χ0v) is 12.4. The van der Waals surface area contributed by atoms with Gasteiger partial charge in [-0.05, 0) is 31.0 Å². The highest BCUT2D eigenvalue weighted by molar-refractivity contribution is 7.22. The minimum atomic E-state index is -4.31. The van der Waals surface area contributed by atoms with Gasteiger partial charge in [0.05, 0.1) is 15.8 Å². The van der Waals surface area contributed by atoms with Gasteiger partial charge in [0.1, 0.15) is 0 Å². The van der Waals surface area contributed by atoms with E-state index >= 15 is 0 Å². The Balaban J connectivity index is 1.80. The predicted molar refractivity (Wildman–Crippen MR) is 79.7 cm³/mol. The van der Waals surface area contributed by atoms with Crippen LogP contribution in [0.15, 0.2) is 18.2 Å². The van der Waals surface area contributed by atoms with E-state index in [1.807, 2.05) is 0 Å². The molecule has 0 amide bonds. The molecule has 0 spiro atoms. The second-order valence-corrected chi connectivity index (χ2v) is 6.56. The Bertz CT molecular complexity index is 613. The number of nitrogens with zero attached hydrogens (tertiary/aromatic N) is 1. The third-order valence-electron chi connectivity index (χ3n) is 3.90. The molecule has 1 aromatic heterocycles. The molecule has 114 valence electrons. The van der Waals surface area contributed by atoms with E-state index in [0.717, 1.165) is 34.8 Å². The number of aromatic nitrogens is 1. The van der Waals surface area contributed by atoms with Gasteiger partial charge < -0.3 is 5.32 Å². The van der Waals surface area contributed by atoms with Gasteiger partial charge in [0.15, 0.2) is 5.13 Å². The summed E-state index contributed by atoms with van der Waals surface area (Å²) in [4.78, 5) is 4.32. The predicted octanol–water partition coefficient (Wildman–Crippen LogP) is 5.45. The molecule has 2 nitrogen and oxygen atoms in total. The largest absolute Gasteiger partial charge is 0.416 e. The number of anilines is 1. The summed E-state index contributed by atoms with van der Waals surface area (Å²) in [6.45, 7) is 0. The molecule has 0 radical (unpaired) electrons. The van der Waals surface area contributed by atoms with Gasteiger partial charge in [-0.15, -0.1) is 0 Å². The highest BCUT2D eigenvalue weighted by Crippen LogP contribution is 2.34. The van der Waals surface area contributed by atoms with Crippen molar-refractivity contribution < 1.29 is 13.2 Å². The van der Waals surface area contributed by atoms with Gasteiger partial charge >= 0.3 is 6.18 Å². The number of benzene rings is 1. The Morgan fingerprint density at radius 3 is 2.48 bits per heavy atom. The molecule has 1 aliphatic carbocycles. The molecule has 2 aromatic rings. The first-order chi connectivity index (χ1) is 10.0. The minimum Gasteiger partial charge on any atom is -0.359 e. The minimum absolute atomic E-state index is 0.398. The van der Waals surface area contributed by atoms with E-state index in [2.05, 4.69) is 10.3 Å². The molecule has 3 rings (SSSR count). The second kappa shape index (κ2) is 5.83. The summed E-state index contributed by atoms with van der Waals surface area (Å²) in [5.41, 5.74) is -0.215. The summed E-state index contributed by atoms with van der Waals surface area (Å²) in [5, 5.41) is 4.13. The Morgan fingerprint density at radius 1 is 1.10 bits per heavy atom. The van der Waals surface area contributed by atoms with Crippen LogP contribution in [0.4, 0.5) is 18.3 Å². The molecular formula is C15H17F3N2S. The highest BCUT2D eigenvalue weighted by Gasteiger charge is 2.30. The van der Waals surface area contributed by atoms with Crippen molar-refractivity contribution in [1.82, 2.24) is 4.98 Å². The van der Waals surface area contributed by atoms with Crippen LogP contribution < -0.4 is 5.32 Å². The number of nitrogens with one attached hydrogen (secondary N) is 1. The Kier molecular flexibility index (Phi) is 4.06. The van der Waals surface area contributed by atoms with E-state index in [1.54, 1.807) is 0 Å². The first-order valence-corrected chi connectivity index (χ1v) is 8.08. The fourth-order valence-electron chi connectivity index (χ4n) is 2.76. The summed E-state index contributed by atoms with van der Waals surface area (Å²) in [6.07, 6.45) is 2.88. The topological polar surface area (TPSA) is 24.9 Å². The van der Waals surface area contributed by atoms with E-state index in [1.165, 1.54) is 43.1 Å². The molecule has 1 fully saturated rings. The van der Waals surface area contributed by atoms with Crippen LogP contribution in [0.3, 0.4) is 0 Å². The maximum Gasteiger partial charge on any atom is 0.416 e. The molecule has 1 heterocycles. The third kappa shape index (κ3) is 3.48. The summed E-state index contributed by atoms with van der Waals surface area (Å²) in [5.74, 6) is 0. The van der Waals surface area contributed by atoms with Crippen molar-refractivity contribution in [2.24, 2.45) is 0 Å². The van der Waals surface area contributed by atoms with Gasteiger partial charge in [-0.2, -0.15) is 13.2 Å². The van der Waals surface area contributed by atoms with E-state index in [0.29, 0.717) is 11.6 Å². The molecule has 1 aliphatic rings. The summed E-state index contributed by atoms with van der Waals surface area (Å²) < 4.78 is 38.9. The number of fused-ring (bicyclic) bond motifs is 1. The van der Waals surface area contributed by atoms with Crippen LogP contribution in [0.1, 0.15) is 44.1 Å². The Morgan fingerprint density at radius 2 is 1.81 bits per heavy atom. The van der Waals surface area contributed by atoms with Gasteiger partial charge in [0.25, 0.3) is 0 Å². The zero-order valence-electron chi connectivity index (χ0n) is 11.5. The quantitative estimate of drug-likeness (QED) is 0.746. The molecule has 21 heavy (non-hydrogen) atoms. The monoisotopic (exact) mass is 314 g/mol. The van der Waals surface area contributed by atoms with E-state index in [4.69, 9.17) is 0 Å². The second-order valence-electron chi connectivity index (χ2n) is 5.53. The lowest BCUT2D eigenvalue weighted by Gasteiger charge is -2.14. The van der Waals surface area contributed by atoms with Crippen LogP contribution in [-0.4, -0.2) is 11.0 Å². The number of halogens is 3. The Labute approximate surface area is 125 Å². The lowest BCUT2D eigenvalue weighted by molar-refractivity contribution is -0.137. The fourth-order valence-corrected chi connectivity index (χ4v) is 3.69. The van der Waals surface area contributed by atoms with Crippen molar-refractivity contribution in [3.8, 4) is 0 Å². The van der Waals surface area contributed by atoms with Crippen LogP contribution in [0.25, 0.3) is 10.2 Å². The van der Waals surface area contributed by atoms with Crippen molar-refractivity contribution in [2.45, 2.75) is 50.7 Å². The molecule has 1 N–H and O–H groups in total. The lowest BCUT2D eigenvalue weighted by Crippen LogP contribution is -2.17. The summed E-state index contributed by atoms with van der Waals surface area (Å²) in [6, 6.07) is 4.16. The van der Waals surface area contributed by atoms with Gasteiger partial charge in [-0.25, -0.2) is 4.98 Å². The molecule has 0 aliphatic heterocycles. The normalized spacial score (nSPS) is 17.9. The van der Waals surface area contributed by atoms with Gasteiger partial charge in [0, 0.05) is 6.04 Å². The smallest absolute Gasteiger partial charge is 0.359 e. The fraction of sp³-hybridized carbons (Fsp3) is 0.533. The Hall–Kier alpha value is -1.30. The van der Waals surface area contributed by atoms with Crippen molar-refractivity contribution in [2.75, 3.05) is 5.32 Å². The summed E-state index contributed by atoms with van der Waals surface area (Å²) in [7, 11) is 0. The van der Waals surface area contributed by atoms with Crippen LogP contribution in [0.2, 0.25) is 0 Å². The molecule has 6 heteroatoms. The zero-order chi connectivity index (χ0) is 14.9. The van der Waals surface area contributed by atoms with Crippen LogP contribution in [0.5, 0.6) is 0 Å². The van der Waals surface area contributed by atoms with Crippen molar-refractivity contribution in [3.63, 3.8) is 0 Å². The van der Waals surface area contributed by atoms with Crippen LogP contribution in [0, 0.1) is 0 Å². The first kappa shape index (κ1) is 14.6. The summed E-state index contributed by atoms with van der Waals surface area (Å²) >= 11 is 1.43. The van der Waals surface area contributed by atoms with Crippen molar-refractivity contribution in [1.29, 1.82) is 0 Å².